The van der Waals surface area contributed by atoms with Crippen molar-refractivity contribution in [3.63, 3.8) is 0 Å². The highest BCUT2D eigenvalue weighted by molar-refractivity contribution is 5.55. The average molecular weight is 282 g/mol. The van der Waals surface area contributed by atoms with Gasteiger partial charge in [-0.1, -0.05) is 0 Å². The van der Waals surface area contributed by atoms with E-state index >= 15 is 0 Å². The Hall–Kier alpha value is -2.61. The van der Waals surface area contributed by atoms with Crippen molar-refractivity contribution in [1.82, 2.24) is 35.1 Å². The van der Waals surface area contributed by atoms with Crippen LogP contribution in [-0.2, 0) is 0 Å². The summed E-state index contributed by atoms with van der Waals surface area (Å²) in [6, 6.07) is 5.53. The minimum atomic E-state index is 0.629. The van der Waals surface area contributed by atoms with Gasteiger partial charge in [0.05, 0.1) is 0 Å². The summed E-state index contributed by atoms with van der Waals surface area (Å²) in [5, 5.41) is 15.9. The second-order valence-corrected chi connectivity index (χ2v) is 4.80. The first kappa shape index (κ1) is 12.2. The molecule has 1 N–H and O–H groups in total. The van der Waals surface area contributed by atoms with Gasteiger partial charge in [-0.3, -0.25) is 0 Å². The Bertz CT molecular complexity index is 761. The molecule has 0 saturated carbocycles. The first-order chi connectivity index (χ1) is 10.4. The molecule has 8 nitrogen and oxygen atoms in total. The molecule has 1 aliphatic heterocycles. The van der Waals surface area contributed by atoms with Gasteiger partial charge in [0.25, 0.3) is 0 Å². The van der Waals surface area contributed by atoms with Crippen LogP contribution in [0.3, 0.4) is 0 Å². The van der Waals surface area contributed by atoms with Gasteiger partial charge in [0.2, 0.25) is 11.8 Å². The third kappa shape index (κ3) is 2.19. The molecule has 1 saturated heterocycles. The SMILES string of the molecule is c1cnn2c(-c3ccnc(N4CCNCC4)n3)nnc2c1. The molecule has 0 amide bonds. The first-order valence-electron chi connectivity index (χ1n) is 6.87. The topological polar surface area (TPSA) is 84.1 Å². The maximum Gasteiger partial charge on any atom is 0.226 e. The van der Waals surface area contributed by atoms with E-state index in [9.17, 15) is 0 Å². The van der Waals surface area contributed by atoms with Crippen molar-refractivity contribution in [3.05, 3.63) is 30.6 Å². The summed E-state index contributed by atoms with van der Waals surface area (Å²) < 4.78 is 1.68. The molecule has 106 valence electrons. The lowest BCUT2D eigenvalue weighted by molar-refractivity contribution is 0.580. The molecule has 1 fully saturated rings. The number of aromatic nitrogens is 6. The molecule has 1 aliphatic rings. The number of rotatable bonds is 2. The molecule has 0 aromatic carbocycles. The van der Waals surface area contributed by atoms with Gasteiger partial charge in [-0.25, -0.2) is 9.97 Å². The summed E-state index contributed by atoms with van der Waals surface area (Å²) in [5.41, 5.74) is 1.43. The predicted molar refractivity (Wildman–Crippen MR) is 76.9 cm³/mol. The van der Waals surface area contributed by atoms with Crippen molar-refractivity contribution in [2.75, 3.05) is 31.1 Å². The minimum absolute atomic E-state index is 0.629. The van der Waals surface area contributed by atoms with Gasteiger partial charge in [0.15, 0.2) is 5.65 Å². The van der Waals surface area contributed by atoms with Gasteiger partial charge in [-0.05, 0) is 18.2 Å². The van der Waals surface area contributed by atoms with Crippen molar-refractivity contribution in [1.29, 1.82) is 0 Å². The summed E-state index contributed by atoms with van der Waals surface area (Å²) in [6.45, 7) is 3.70. The van der Waals surface area contributed by atoms with Crippen LogP contribution in [0, 0.1) is 0 Å². The Morgan fingerprint density at radius 3 is 2.86 bits per heavy atom. The van der Waals surface area contributed by atoms with Crippen LogP contribution in [0.4, 0.5) is 5.95 Å². The molecule has 4 rings (SSSR count). The summed E-state index contributed by atoms with van der Waals surface area (Å²) >= 11 is 0. The zero-order chi connectivity index (χ0) is 14.1. The molecule has 0 spiro atoms. The van der Waals surface area contributed by atoms with E-state index in [2.05, 4.69) is 35.5 Å². The van der Waals surface area contributed by atoms with Crippen LogP contribution >= 0.6 is 0 Å². The number of hydrogen-bond donors (Lipinski definition) is 1. The highest BCUT2D eigenvalue weighted by Crippen LogP contribution is 2.17. The number of nitrogens with zero attached hydrogens (tertiary/aromatic N) is 7. The van der Waals surface area contributed by atoms with E-state index < -0.39 is 0 Å². The molecular weight excluding hydrogens is 268 g/mol. The minimum Gasteiger partial charge on any atom is -0.338 e. The molecule has 0 unspecified atom stereocenters. The number of anilines is 1. The second kappa shape index (κ2) is 5.06. The van der Waals surface area contributed by atoms with Crippen LogP contribution in [0.2, 0.25) is 0 Å². The van der Waals surface area contributed by atoms with Crippen LogP contribution in [-0.4, -0.2) is 56.0 Å². The molecular formula is C13H14N8. The summed E-state index contributed by atoms with van der Waals surface area (Å²) in [4.78, 5) is 11.1. The summed E-state index contributed by atoms with van der Waals surface area (Å²) in [6.07, 6.45) is 3.46. The fourth-order valence-electron chi connectivity index (χ4n) is 2.39. The van der Waals surface area contributed by atoms with E-state index in [4.69, 9.17) is 0 Å². The normalized spacial score (nSPS) is 15.5. The Labute approximate surface area is 120 Å². The van der Waals surface area contributed by atoms with Crippen LogP contribution in [0.5, 0.6) is 0 Å². The van der Waals surface area contributed by atoms with Gasteiger partial charge >= 0.3 is 0 Å². The van der Waals surface area contributed by atoms with Crippen molar-refractivity contribution in [3.8, 4) is 11.5 Å². The third-order valence-electron chi connectivity index (χ3n) is 3.45. The van der Waals surface area contributed by atoms with Crippen LogP contribution in [0.15, 0.2) is 30.6 Å². The zero-order valence-electron chi connectivity index (χ0n) is 11.3. The molecule has 0 aliphatic carbocycles. The van der Waals surface area contributed by atoms with Gasteiger partial charge < -0.3 is 10.2 Å². The second-order valence-electron chi connectivity index (χ2n) is 4.80. The molecule has 0 atom stereocenters. The van der Waals surface area contributed by atoms with Crippen molar-refractivity contribution < 1.29 is 0 Å². The Morgan fingerprint density at radius 1 is 1.05 bits per heavy atom. The lowest BCUT2D eigenvalue weighted by Gasteiger charge is -2.27. The monoisotopic (exact) mass is 282 g/mol. The Morgan fingerprint density at radius 2 is 1.95 bits per heavy atom. The van der Waals surface area contributed by atoms with Gasteiger partial charge in [-0.2, -0.15) is 9.61 Å². The maximum absolute atomic E-state index is 4.61. The molecule has 4 heterocycles. The Balaban J connectivity index is 1.75. The predicted octanol–water partition coefficient (Wildman–Crippen LogP) is -0.00910. The first-order valence-corrected chi connectivity index (χ1v) is 6.87. The molecule has 0 radical (unpaired) electrons. The zero-order valence-corrected chi connectivity index (χ0v) is 11.3. The van der Waals surface area contributed by atoms with E-state index in [1.54, 1.807) is 16.9 Å². The molecule has 0 bridgehead atoms. The molecule has 21 heavy (non-hydrogen) atoms. The van der Waals surface area contributed by atoms with Crippen LogP contribution in [0.25, 0.3) is 17.2 Å². The number of fused-ring (bicyclic) bond motifs is 1. The lowest BCUT2D eigenvalue weighted by Crippen LogP contribution is -2.44. The lowest BCUT2D eigenvalue weighted by atomic mass is 10.3. The van der Waals surface area contributed by atoms with Crippen molar-refractivity contribution >= 4 is 11.6 Å². The van der Waals surface area contributed by atoms with Gasteiger partial charge in [0, 0.05) is 38.6 Å². The fraction of sp³-hybridized carbons (Fsp3) is 0.308. The van der Waals surface area contributed by atoms with E-state index in [0.717, 1.165) is 37.8 Å². The average Bonchev–Trinajstić information content (AvgIpc) is 3.00. The van der Waals surface area contributed by atoms with Crippen molar-refractivity contribution in [2.45, 2.75) is 0 Å². The maximum atomic E-state index is 4.61. The molecule has 3 aromatic rings. The van der Waals surface area contributed by atoms with Crippen LogP contribution in [0.1, 0.15) is 0 Å². The Kier molecular flexibility index (Phi) is 2.93. The van der Waals surface area contributed by atoms with Gasteiger partial charge in [-0.15, -0.1) is 10.2 Å². The highest BCUT2D eigenvalue weighted by atomic mass is 15.4. The van der Waals surface area contributed by atoms with E-state index in [-0.39, 0.29) is 0 Å². The molecule has 3 aromatic heterocycles. The highest BCUT2D eigenvalue weighted by Gasteiger charge is 2.16. The van der Waals surface area contributed by atoms with E-state index in [0.29, 0.717) is 11.5 Å². The fourth-order valence-corrected chi connectivity index (χ4v) is 2.39. The van der Waals surface area contributed by atoms with Crippen LogP contribution < -0.4 is 10.2 Å². The smallest absolute Gasteiger partial charge is 0.226 e. The third-order valence-corrected chi connectivity index (χ3v) is 3.45. The standard InChI is InChI=1S/C13H14N8/c1-2-11-18-19-12(21(11)16-4-1)10-3-5-15-13(17-10)20-8-6-14-7-9-20/h1-5,14H,6-9H2. The van der Waals surface area contributed by atoms with Gasteiger partial charge in [0.1, 0.15) is 5.69 Å². The molecule has 8 heteroatoms. The summed E-state index contributed by atoms with van der Waals surface area (Å²) in [7, 11) is 0. The number of nitrogens with one attached hydrogen (secondary N) is 1. The van der Waals surface area contributed by atoms with E-state index in [1.165, 1.54) is 0 Å². The summed E-state index contributed by atoms with van der Waals surface area (Å²) in [5.74, 6) is 1.35. The number of hydrogen-bond acceptors (Lipinski definition) is 7. The largest absolute Gasteiger partial charge is 0.338 e. The van der Waals surface area contributed by atoms with Crippen molar-refractivity contribution in [2.24, 2.45) is 0 Å². The van der Waals surface area contributed by atoms with E-state index in [1.807, 2.05) is 18.2 Å². The quantitative estimate of drug-likeness (QED) is 0.707. The number of piperazine rings is 1.